The molecule has 1 rings (SSSR count). The summed E-state index contributed by atoms with van der Waals surface area (Å²) in [6.45, 7) is 5.37. The average molecular weight is 260 g/mol. The summed E-state index contributed by atoms with van der Waals surface area (Å²) in [5, 5.41) is 12.3. The lowest BCUT2D eigenvalue weighted by Gasteiger charge is -2.52. The molecule has 1 unspecified atom stereocenters. The first-order chi connectivity index (χ1) is 8.55. The zero-order valence-electron chi connectivity index (χ0n) is 11.4. The molecule has 6 heteroatoms. The Hall–Kier alpha value is -0.690. The number of hydrogen-bond donors (Lipinski definition) is 2. The molecule has 1 saturated heterocycles. The smallest absolute Gasteiger partial charge is 0.305 e. The van der Waals surface area contributed by atoms with E-state index in [4.69, 9.17) is 14.6 Å². The fourth-order valence-corrected chi connectivity index (χ4v) is 2.57. The summed E-state index contributed by atoms with van der Waals surface area (Å²) >= 11 is 0. The first-order valence-corrected chi connectivity index (χ1v) is 6.23. The molecule has 0 aliphatic carbocycles. The van der Waals surface area contributed by atoms with Crippen molar-refractivity contribution in [3.8, 4) is 0 Å². The lowest BCUT2D eigenvalue weighted by atomic mass is 9.85. The predicted octanol–water partition coefficient (Wildman–Crippen LogP) is -0.214. The SMILES string of the molecule is COCCN(C(C)COC)C1(CC(=O)O)CNC1. The number of carboxylic acid groups (broad SMARTS) is 1. The number of nitrogens with one attached hydrogen (secondary N) is 1. The number of rotatable bonds is 9. The van der Waals surface area contributed by atoms with Gasteiger partial charge in [-0.05, 0) is 6.92 Å². The third-order valence-electron chi connectivity index (χ3n) is 3.47. The number of methoxy groups -OCH3 is 2. The maximum absolute atomic E-state index is 11.0. The van der Waals surface area contributed by atoms with E-state index in [0.717, 1.165) is 6.54 Å². The standard InChI is InChI=1S/C12H24N2O4/c1-10(7-18-3)14(4-5-17-2)12(6-11(15)16)8-13-9-12/h10,13H,4-9H2,1-3H3,(H,15,16). The molecular weight excluding hydrogens is 236 g/mol. The van der Waals surface area contributed by atoms with E-state index in [9.17, 15) is 4.79 Å². The number of carboxylic acids is 1. The van der Waals surface area contributed by atoms with E-state index in [1.54, 1.807) is 14.2 Å². The van der Waals surface area contributed by atoms with Crippen LogP contribution in [0.5, 0.6) is 0 Å². The monoisotopic (exact) mass is 260 g/mol. The quantitative estimate of drug-likeness (QED) is 0.597. The van der Waals surface area contributed by atoms with Crippen molar-refractivity contribution >= 4 is 5.97 Å². The van der Waals surface area contributed by atoms with Crippen LogP contribution in [-0.2, 0) is 14.3 Å². The van der Waals surface area contributed by atoms with Gasteiger partial charge in [-0.25, -0.2) is 0 Å². The van der Waals surface area contributed by atoms with Crippen molar-refractivity contribution in [1.29, 1.82) is 0 Å². The molecule has 0 aromatic heterocycles. The topological polar surface area (TPSA) is 71.0 Å². The van der Waals surface area contributed by atoms with Gasteiger partial charge in [-0.15, -0.1) is 0 Å². The van der Waals surface area contributed by atoms with E-state index < -0.39 is 5.97 Å². The number of nitrogens with zero attached hydrogens (tertiary/aromatic N) is 1. The summed E-state index contributed by atoms with van der Waals surface area (Å²) in [5.74, 6) is -0.761. The first-order valence-electron chi connectivity index (χ1n) is 6.23. The van der Waals surface area contributed by atoms with Gasteiger partial charge in [0.2, 0.25) is 0 Å². The second-order valence-electron chi connectivity index (χ2n) is 4.89. The van der Waals surface area contributed by atoms with Crippen LogP contribution in [0.3, 0.4) is 0 Å². The molecule has 0 aromatic rings. The molecule has 0 bridgehead atoms. The second kappa shape index (κ2) is 7.04. The van der Waals surface area contributed by atoms with Gasteiger partial charge in [0, 0.05) is 39.9 Å². The Morgan fingerprint density at radius 3 is 2.50 bits per heavy atom. The summed E-state index contributed by atoms with van der Waals surface area (Å²) < 4.78 is 10.3. The van der Waals surface area contributed by atoms with Crippen molar-refractivity contribution in [3.05, 3.63) is 0 Å². The van der Waals surface area contributed by atoms with Crippen LogP contribution in [-0.4, -0.2) is 74.6 Å². The molecule has 106 valence electrons. The van der Waals surface area contributed by atoms with Gasteiger partial charge in [-0.1, -0.05) is 0 Å². The van der Waals surface area contributed by atoms with Crippen molar-refractivity contribution in [1.82, 2.24) is 10.2 Å². The Bertz CT molecular complexity index is 269. The normalized spacial score (nSPS) is 19.6. The molecule has 0 spiro atoms. The maximum Gasteiger partial charge on any atom is 0.305 e. The molecular formula is C12H24N2O4. The minimum atomic E-state index is -0.761. The van der Waals surface area contributed by atoms with Crippen molar-refractivity contribution in [3.63, 3.8) is 0 Å². The van der Waals surface area contributed by atoms with Crippen molar-refractivity contribution in [2.45, 2.75) is 24.9 Å². The lowest BCUT2D eigenvalue weighted by Crippen LogP contribution is -2.72. The highest BCUT2D eigenvalue weighted by Crippen LogP contribution is 2.27. The predicted molar refractivity (Wildman–Crippen MR) is 67.8 cm³/mol. The molecule has 6 nitrogen and oxygen atoms in total. The fourth-order valence-electron chi connectivity index (χ4n) is 2.57. The van der Waals surface area contributed by atoms with Crippen LogP contribution in [0.1, 0.15) is 13.3 Å². The van der Waals surface area contributed by atoms with Gasteiger partial charge in [0.15, 0.2) is 0 Å². The zero-order valence-corrected chi connectivity index (χ0v) is 11.4. The van der Waals surface area contributed by atoms with Crippen LogP contribution in [0.15, 0.2) is 0 Å². The highest BCUT2D eigenvalue weighted by Gasteiger charge is 2.45. The summed E-state index contributed by atoms with van der Waals surface area (Å²) in [4.78, 5) is 13.2. The Kier molecular flexibility index (Phi) is 6.01. The Morgan fingerprint density at radius 1 is 1.44 bits per heavy atom. The molecule has 1 fully saturated rings. The summed E-state index contributed by atoms with van der Waals surface area (Å²) in [5.41, 5.74) is -0.303. The number of carbonyl (C=O) groups is 1. The zero-order chi connectivity index (χ0) is 13.6. The van der Waals surface area contributed by atoms with Gasteiger partial charge >= 0.3 is 5.97 Å². The van der Waals surface area contributed by atoms with Gasteiger partial charge in [-0.3, -0.25) is 9.69 Å². The molecule has 0 aromatic carbocycles. The van der Waals surface area contributed by atoms with Crippen molar-refractivity contribution < 1.29 is 19.4 Å². The van der Waals surface area contributed by atoms with E-state index in [1.807, 2.05) is 0 Å². The van der Waals surface area contributed by atoms with Crippen LogP contribution in [0, 0.1) is 0 Å². The summed E-state index contributed by atoms with van der Waals surface area (Å²) in [7, 11) is 3.32. The van der Waals surface area contributed by atoms with Crippen LogP contribution >= 0.6 is 0 Å². The summed E-state index contributed by atoms with van der Waals surface area (Å²) in [6.07, 6.45) is 0.151. The number of aliphatic carboxylic acids is 1. The highest BCUT2D eigenvalue weighted by atomic mass is 16.5. The average Bonchev–Trinajstić information content (AvgIpc) is 2.25. The highest BCUT2D eigenvalue weighted by molar-refractivity contribution is 5.69. The van der Waals surface area contributed by atoms with E-state index in [2.05, 4.69) is 17.1 Å². The molecule has 0 radical (unpaired) electrons. The van der Waals surface area contributed by atoms with E-state index in [0.29, 0.717) is 26.3 Å². The van der Waals surface area contributed by atoms with Gasteiger partial charge in [-0.2, -0.15) is 0 Å². The van der Waals surface area contributed by atoms with Gasteiger partial charge < -0.3 is 19.9 Å². The number of ether oxygens (including phenoxy) is 2. The molecule has 1 heterocycles. The number of hydrogen-bond acceptors (Lipinski definition) is 5. The largest absolute Gasteiger partial charge is 0.481 e. The molecule has 2 N–H and O–H groups in total. The fraction of sp³-hybridized carbons (Fsp3) is 0.917. The molecule has 18 heavy (non-hydrogen) atoms. The lowest BCUT2D eigenvalue weighted by molar-refractivity contribution is -0.143. The minimum Gasteiger partial charge on any atom is -0.481 e. The van der Waals surface area contributed by atoms with Gasteiger partial charge in [0.05, 0.1) is 25.2 Å². The van der Waals surface area contributed by atoms with Crippen molar-refractivity contribution in [2.75, 3.05) is 47.1 Å². The Balaban J connectivity index is 2.74. The van der Waals surface area contributed by atoms with Crippen LogP contribution in [0.4, 0.5) is 0 Å². The third kappa shape index (κ3) is 3.65. The summed E-state index contributed by atoms with van der Waals surface area (Å²) in [6, 6.07) is 0.173. The third-order valence-corrected chi connectivity index (χ3v) is 3.47. The van der Waals surface area contributed by atoms with E-state index >= 15 is 0 Å². The van der Waals surface area contributed by atoms with Crippen LogP contribution in [0.25, 0.3) is 0 Å². The van der Waals surface area contributed by atoms with Crippen LogP contribution < -0.4 is 5.32 Å². The Morgan fingerprint density at radius 2 is 2.11 bits per heavy atom. The molecule has 1 aliphatic heterocycles. The minimum absolute atomic E-state index is 0.151. The maximum atomic E-state index is 11.0. The Labute approximate surface area is 108 Å². The molecule has 1 atom stereocenters. The van der Waals surface area contributed by atoms with Crippen LogP contribution in [0.2, 0.25) is 0 Å². The van der Waals surface area contributed by atoms with Gasteiger partial charge in [0.25, 0.3) is 0 Å². The first kappa shape index (κ1) is 15.4. The van der Waals surface area contributed by atoms with Gasteiger partial charge in [0.1, 0.15) is 0 Å². The van der Waals surface area contributed by atoms with Crippen molar-refractivity contribution in [2.24, 2.45) is 0 Å². The molecule has 0 saturated carbocycles. The second-order valence-corrected chi connectivity index (χ2v) is 4.89. The molecule has 1 aliphatic rings. The molecule has 0 amide bonds. The van der Waals surface area contributed by atoms with E-state index in [1.165, 1.54) is 0 Å². The van der Waals surface area contributed by atoms with E-state index in [-0.39, 0.29) is 18.0 Å².